The van der Waals surface area contributed by atoms with Gasteiger partial charge in [-0.2, -0.15) is 9.69 Å². The third-order valence-corrected chi connectivity index (χ3v) is 5.48. The summed E-state index contributed by atoms with van der Waals surface area (Å²) >= 11 is 2.15. The summed E-state index contributed by atoms with van der Waals surface area (Å²) in [5.74, 6) is 1.28. The Bertz CT molecular complexity index is 1280. The highest BCUT2D eigenvalue weighted by Crippen LogP contribution is 2.21. The van der Waals surface area contributed by atoms with Gasteiger partial charge in [-0.05, 0) is 71.5 Å². The first-order valence-electron chi connectivity index (χ1n) is 9.40. The van der Waals surface area contributed by atoms with E-state index in [2.05, 4.69) is 32.6 Å². The van der Waals surface area contributed by atoms with Crippen LogP contribution < -0.4 is 15.3 Å². The summed E-state index contributed by atoms with van der Waals surface area (Å²) in [6.45, 7) is 3.61. The second kappa shape index (κ2) is 8.02. The average Bonchev–Trinajstić information content (AvgIpc) is 3.02. The Hall–Kier alpha value is -3.01. The molecular weight excluding hydrogens is 495 g/mol. The van der Waals surface area contributed by atoms with Crippen molar-refractivity contribution in [2.24, 2.45) is 4.99 Å². The summed E-state index contributed by atoms with van der Waals surface area (Å²) in [6.07, 6.45) is 2.19. The first-order valence-corrected chi connectivity index (χ1v) is 10.5. The van der Waals surface area contributed by atoms with Crippen LogP contribution in [0.1, 0.15) is 25.2 Å². The number of carbonyl (C=O) groups excluding carboxylic acids is 1. The highest BCUT2D eigenvalue weighted by atomic mass is 127. The second-order valence-electron chi connectivity index (χ2n) is 6.74. The predicted molar refractivity (Wildman–Crippen MR) is 125 cm³/mol. The molecule has 0 aliphatic carbocycles. The van der Waals surface area contributed by atoms with Crippen molar-refractivity contribution in [1.82, 2.24) is 9.66 Å². The standard InChI is InChI=1S/C22H19IN4O3/c1-4-20-25-18-10-7-15(23)12-17(18)21(28)27(20)26-13(2)24-19(22(26)29)11-14-5-8-16(30-3)9-6-14/h5-12H,4H2,1-3H3/b19-11+. The van der Waals surface area contributed by atoms with Gasteiger partial charge in [0.05, 0.1) is 18.0 Å². The summed E-state index contributed by atoms with van der Waals surface area (Å²) in [4.78, 5) is 35.5. The number of nitrogens with zero attached hydrogens (tertiary/aromatic N) is 4. The number of fused-ring (bicyclic) bond motifs is 1. The number of hydrogen-bond acceptors (Lipinski definition) is 5. The number of aliphatic imine (C=N–C) groups is 1. The number of ether oxygens (including phenoxy) is 1. The molecular formula is C22H19IN4O3. The fourth-order valence-corrected chi connectivity index (χ4v) is 3.83. The molecule has 8 heteroatoms. The molecule has 0 spiro atoms. The fourth-order valence-electron chi connectivity index (χ4n) is 3.34. The first-order chi connectivity index (χ1) is 14.4. The van der Waals surface area contributed by atoms with Crippen molar-refractivity contribution in [2.75, 3.05) is 12.1 Å². The van der Waals surface area contributed by atoms with Gasteiger partial charge in [0.15, 0.2) is 0 Å². The van der Waals surface area contributed by atoms with Crippen molar-refractivity contribution in [3.63, 3.8) is 0 Å². The van der Waals surface area contributed by atoms with Crippen LogP contribution in [0.5, 0.6) is 5.75 Å². The van der Waals surface area contributed by atoms with Gasteiger partial charge in [-0.3, -0.25) is 9.59 Å². The second-order valence-corrected chi connectivity index (χ2v) is 7.98. The third-order valence-electron chi connectivity index (χ3n) is 4.81. The average molecular weight is 514 g/mol. The van der Waals surface area contributed by atoms with Gasteiger partial charge in [-0.1, -0.05) is 19.1 Å². The van der Waals surface area contributed by atoms with E-state index in [-0.39, 0.29) is 17.2 Å². The molecule has 0 bridgehead atoms. The molecule has 4 rings (SSSR count). The van der Waals surface area contributed by atoms with Crippen LogP contribution >= 0.6 is 22.6 Å². The van der Waals surface area contributed by atoms with E-state index in [4.69, 9.17) is 4.74 Å². The normalized spacial score (nSPS) is 15.2. The topological polar surface area (TPSA) is 76.8 Å². The molecule has 1 amide bonds. The third kappa shape index (κ3) is 3.51. The van der Waals surface area contributed by atoms with E-state index in [1.54, 1.807) is 26.2 Å². The number of methoxy groups -OCH3 is 1. The largest absolute Gasteiger partial charge is 0.497 e. The quantitative estimate of drug-likeness (QED) is 0.395. The molecule has 1 aliphatic rings. The van der Waals surface area contributed by atoms with Crippen LogP contribution in [0.25, 0.3) is 17.0 Å². The van der Waals surface area contributed by atoms with E-state index >= 15 is 0 Å². The maximum atomic E-state index is 13.3. The number of benzene rings is 2. The molecule has 3 aromatic rings. The summed E-state index contributed by atoms with van der Waals surface area (Å²) in [6, 6.07) is 12.8. The molecule has 0 unspecified atom stereocenters. The highest BCUT2D eigenvalue weighted by molar-refractivity contribution is 14.1. The summed E-state index contributed by atoms with van der Waals surface area (Å²) in [7, 11) is 1.60. The van der Waals surface area contributed by atoms with E-state index in [9.17, 15) is 9.59 Å². The maximum Gasteiger partial charge on any atom is 0.297 e. The molecule has 2 aromatic carbocycles. The molecule has 0 fully saturated rings. The zero-order valence-corrected chi connectivity index (χ0v) is 18.9. The van der Waals surface area contributed by atoms with E-state index in [1.165, 1.54) is 9.69 Å². The van der Waals surface area contributed by atoms with Crippen LogP contribution in [-0.2, 0) is 11.2 Å². The number of hydrogen-bond donors (Lipinski definition) is 0. The zero-order valence-electron chi connectivity index (χ0n) is 16.7. The van der Waals surface area contributed by atoms with Crippen molar-refractivity contribution < 1.29 is 9.53 Å². The van der Waals surface area contributed by atoms with Crippen molar-refractivity contribution >= 4 is 51.3 Å². The Morgan fingerprint density at radius 2 is 1.87 bits per heavy atom. The van der Waals surface area contributed by atoms with Gasteiger partial charge in [0, 0.05) is 9.99 Å². The van der Waals surface area contributed by atoms with Gasteiger partial charge in [-0.25, -0.2) is 9.98 Å². The smallest absolute Gasteiger partial charge is 0.297 e. The van der Waals surface area contributed by atoms with Gasteiger partial charge in [0.2, 0.25) is 0 Å². The number of rotatable bonds is 4. The lowest BCUT2D eigenvalue weighted by Gasteiger charge is -2.21. The highest BCUT2D eigenvalue weighted by Gasteiger charge is 2.32. The van der Waals surface area contributed by atoms with Gasteiger partial charge < -0.3 is 4.74 Å². The molecule has 2 heterocycles. The summed E-state index contributed by atoms with van der Waals surface area (Å²) in [5, 5.41) is 1.77. The Labute approximate surface area is 186 Å². The number of amidine groups is 1. The maximum absolute atomic E-state index is 13.3. The molecule has 0 atom stereocenters. The molecule has 1 aliphatic heterocycles. The minimum absolute atomic E-state index is 0.259. The molecule has 0 saturated heterocycles. The molecule has 0 radical (unpaired) electrons. The molecule has 1 aromatic heterocycles. The van der Waals surface area contributed by atoms with Crippen molar-refractivity contribution in [3.8, 4) is 5.75 Å². The lowest BCUT2D eigenvalue weighted by atomic mass is 10.2. The first kappa shape index (κ1) is 20.3. The number of amides is 1. The van der Waals surface area contributed by atoms with Crippen LogP contribution in [0.4, 0.5) is 0 Å². The summed E-state index contributed by atoms with van der Waals surface area (Å²) < 4.78 is 7.43. The van der Waals surface area contributed by atoms with E-state index < -0.39 is 0 Å². The Balaban J connectivity index is 1.81. The lowest BCUT2D eigenvalue weighted by molar-refractivity contribution is -0.115. The molecule has 30 heavy (non-hydrogen) atoms. The fraction of sp³-hybridized carbons (Fsp3) is 0.182. The number of aryl methyl sites for hydroxylation is 1. The number of halogens is 1. The number of aromatic nitrogens is 2. The summed E-state index contributed by atoms with van der Waals surface area (Å²) in [5.41, 5.74) is 1.40. The van der Waals surface area contributed by atoms with Crippen LogP contribution in [-0.4, -0.2) is 28.5 Å². The molecule has 0 saturated carbocycles. The minimum atomic E-state index is -0.369. The Morgan fingerprint density at radius 1 is 1.13 bits per heavy atom. The van der Waals surface area contributed by atoms with Crippen LogP contribution in [0.15, 0.2) is 57.9 Å². The Morgan fingerprint density at radius 3 is 2.53 bits per heavy atom. The van der Waals surface area contributed by atoms with Crippen LogP contribution in [0, 0.1) is 3.57 Å². The van der Waals surface area contributed by atoms with E-state index in [0.717, 1.165) is 14.9 Å². The molecule has 7 nitrogen and oxygen atoms in total. The molecule has 0 N–H and O–H groups in total. The van der Waals surface area contributed by atoms with Crippen LogP contribution in [0.3, 0.4) is 0 Å². The zero-order chi connectivity index (χ0) is 21.4. The SMILES string of the molecule is CCc1nc2ccc(I)cc2c(=O)n1N1C(=O)/C(=C\c2ccc(OC)cc2)N=C1C. The van der Waals surface area contributed by atoms with Gasteiger partial charge >= 0.3 is 0 Å². The minimum Gasteiger partial charge on any atom is -0.497 e. The van der Waals surface area contributed by atoms with Gasteiger partial charge in [0.1, 0.15) is 23.1 Å². The molecule has 152 valence electrons. The van der Waals surface area contributed by atoms with Crippen molar-refractivity contribution in [1.29, 1.82) is 0 Å². The lowest BCUT2D eigenvalue weighted by Crippen LogP contribution is -2.48. The monoisotopic (exact) mass is 514 g/mol. The van der Waals surface area contributed by atoms with E-state index in [0.29, 0.717) is 29.0 Å². The van der Waals surface area contributed by atoms with Crippen molar-refractivity contribution in [2.45, 2.75) is 20.3 Å². The predicted octanol–water partition coefficient (Wildman–Crippen LogP) is 3.51. The van der Waals surface area contributed by atoms with Crippen LogP contribution in [0.2, 0.25) is 0 Å². The van der Waals surface area contributed by atoms with Gasteiger partial charge in [0.25, 0.3) is 11.5 Å². The van der Waals surface area contributed by atoms with Crippen molar-refractivity contribution in [3.05, 3.63) is 73.5 Å². The van der Waals surface area contributed by atoms with Gasteiger partial charge in [-0.15, -0.1) is 0 Å². The Kier molecular flexibility index (Phi) is 5.42. The van der Waals surface area contributed by atoms with E-state index in [1.807, 2.05) is 43.3 Å². The number of carbonyl (C=O) groups is 1.